The molecule has 67 heavy (non-hydrogen) atoms. The number of phosphoric ester groups is 3. The second kappa shape index (κ2) is 28.4. The molecule has 384 valence electrons. The maximum atomic E-state index is 12.7. The Bertz CT molecular complexity index is 2010. The van der Waals surface area contributed by atoms with E-state index in [9.17, 15) is 57.9 Å². The maximum absolute atomic E-state index is 12.7. The molecule has 1 fully saturated rings. The van der Waals surface area contributed by atoms with Crippen LogP contribution in [0.3, 0.4) is 0 Å². The van der Waals surface area contributed by atoms with Gasteiger partial charge in [0.05, 0.1) is 19.5 Å². The Balaban J connectivity index is 1.31. The van der Waals surface area contributed by atoms with E-state index in [2.05, 4.69) is 48.3 Å². The molecular formula is C39H70N7O17P3S. The molecule has 0 radical (unpaired) electrons. The monoisotopic (exact) mass is 1030 g/mol. The molecule has 1 aliphatic rings. The minimum absolute atomic E-state index is 0.0337. The molecule has 0 saturated carbocycles. The summed E-state index contributed by atoms with van der Waals surface area (Å²) in [4.78, 5) is 88.4. The third kappa shape index (κ3) is 21.6. The Hall–Kier alpha value is -2.44. The van der Waals surface area contributed by atoms with Crippen molar-refractivity contribution in [2.24, 2.45) is 11.3 Å². The van der Waals surface area contributed by atoms with Crippen LogP contribution in [0.1, 0.15) is 130 Å². The van der Waals surface area contributed by atoms with Crippen molar-refractivity contribution in [1.82, 2.24) is 30.2 Å². The van der Waals surface area contributed by atoms with Gasteiger partial charge in [-0.3, -0.25) is 32.5 Å². The first-order valence-corrected chi connectivity index (χ1v) is 28.0. The molecule has 3 heterocycles. The van der Waals surface area contributed by atoms with Gasteiger partial charge in [0.25, 0.3) is 0 Å². The number of aliphatic hydroxyl groups is 2. The number of rotatable bonds is 34. The normalized spacial score (nSPS) is 20.6. The second-order valence-electron chi connectivity index (χ2n) is 17.3. The number of hydrogen-bond acceptors (Lipinski definition) is 18. The van der Waals surface area contributed by atoms with E-state index in [0.717, 1.165) is 54.2 Å². The van der Waals surface area contributed by atoms with Gasteiger partial charge in [-0.2, -0.15) is 4.31 Å². The fourth-order valence-corrected chi connectivity index (χ4v) is 10.6. The van der Waals surface area contributed by atoms with E-state index < -0.39 is 84.6 Å². The summed E-state index contributed by atoms with van der Waals surface area (Å²) in [6.07, 6.45) is 9.51. The van der Waals surface area contributed by atoms with Gasteiger partial charge >= 0.3 is 23.5 Å². The van der Waals surface area contributed by atoms with Gasteiger partial charge in [0.15, 0.2) is 22.8 Å². The molecular weight excluding hydrogens is 963 g/mol. The molecule has 8 atom stereocenters. The molecule has 1 saturated heterocycles. The number of carbonyl (C=O) groups excluding carboxylic acids is 3. The van der Waals surface area contributed by atoms with Crippen LogP contribution < -0.4 is 16.4 Å². The number of amides is 2. The fourth-order valence-electron chi connectivity index (χ4n) is 7.08. The number of aliphatic hydroxyl groups excluding tert-OH is 2. The van der Waals surface area contributed by atoms with E-state index in [1.807, 2.05) is 0 Å². The molecule has 0 aliphatic carbocycles. The minimum atomic E-state index is -5.57. The molecule has 0 spiro atoms. The van der Waals surface area contributed by atoms with Crippen LogP contribution in [0.4, 0.5) is 5.82 Å². The number of imidazole rings is 1. The smallest absolute Gasteiger partial charge is 0.386 e. The van der Waals surface area contributed by atoms with E-state index in [4.69, 9.17) is 19.5 Å². The summed E-state index contributed by atoms with van der Waals surface area (Å²) in [6, 6.07) is 0. The van der Waals surface area contributed by atoms with E-state index >= 15 is 0 Å². The Morgan fingerprint density at radius 1 is 0.896 bits per heavy atom. The Kier molecular flexibility index (Phi) is 25.0. The third-order valence-electron chi connectivity index (χ3n) is 10.9. The highest BCUT2D eigenvalue weighted by atomic mass is 32.2. The Morgan fingerprint density at radius 3 is 2.18 bits per heavy atom. The number of phosphoric acid groups is 3. The van der Waals surface area contributed by atoms with E-state index in [0.29, 0.717) is 12.2 Å². The predicted octanol–water partition coefficient (Wildman–Crippen LogP) is 4.78. The average Bonchev–Trinajstić information content (AvgIpc) is 3.81. The van der Waals surface area contributed by atoms with Crippen molar-refractivity contribution in [1.29, 1.82) is 0 Å². The molecule has 24 nitrogen and oxygen atoms in total. The molecule has 3 rings (SSSR count). The lowest BCUT2D eigenvalue weighted by molar-refractivity contribution is -0.137. The highest BCUT2D eigenvalue weighted by Crippen LogP contribution is 2.61. The molecule has 28 heteroatoms. The van der Waals surface area contributed by atoms with Gasteiger partial charge in [-0.25, -0.2) is 28.6 Å². The van der Waals surface area contributed by atoms with Crippen LogP contribution >= 0.6 is 35.2 Å². The fraction of sp³-hybridized carbons (Fsp3) is 0.795. The molecule has 0 bridgehead atoms. The molecule has 0 aromatic carbocycles. The lowest BCUT2D eigenvalue weighted by Gasteiger charge is -2.30. The summed E-state index contributed by atoms with van der Waals surface area (Å²) in [5.74, 6) is -0.253. The first-order chi connectivity index (χ1) is 31.4. The van der Waals surface area contributed by atoms with Crippen molar-refractivity contribution in [2.75, 3.05) is 37.8 Å². The highest BCUT2D eigenvalue weighted by Gasteiger charge is 2.50. The van der Waals surface area contributed by atoms with Gasteiger partial charge in [-0.1, -0.05) is 117 Å². The number of carbonyl (C=O) groups is 3. The van der Waals surface area contributed by atoms with Gasteiger partial charge < -0.3 is 50.9 Å². The van der Waals surface area contributed by atoms with Crippen LogP contribution in [0.5, 0.6) is 0 Å². The number of anilines is 1. The zero-order valence-corrected chi connectivity index (χ0v) is 42.1. The van der Waals surface area contributed by atoms with Gasteiger partial charge in [0.2, 0.25) is 11.8 Å². The number of thioether (sulfide) groups is 1. The number of nitrogen functional groups attached to an aromatic ring is 1. The molecule has 1 aliphatic heterocycles. The van der Waals surface area contributed by atoms with Crippen LogP contribution in [0.25, 0.3) is 11.2 Å². The van der Waals surface area contributed by atoms with Gasteiger partial charge in [0, 0.05) is 37.1 Å². The number of nitrogens with zero attached hydrogens (tertiary/aromatic N) is 4. The quantitative estimate of drug-likeness (QED) is 0.0336. The standard InChI is InChI=1S/C39H70N7O17P3S/c1-5-6-7-8-10-13-16-27(2)17-14-11-9-12-15-18-30(48)67-22-21-41-29(47)19-20-42-37(51)34(50)39(3,4)24-60-66(57,58)63-65(55,56)59-23-28-33(62-64(52,53)54)32(49)38(61-28)46-26-45-31-35(40)43-25-44-36(31)46/h25-28,32-34,38,49-50H,5-24H2,1-4H3,(H,41,47)(H,42,51)(H,55,56)(H,57,58)(H2,40,43,44)(H2,52,53,54). The van der Waals surface area contributed by atoms with Crippen molar-refractivity contribution >= 4 is 69.1 Å². The summed E-state index contributed by atoms with van der Waals surface area (Å²) in [5, 5.41) is 26.7. The van der Waals surface area contributed by atoms with Crippen LogP contribution in [-0.2, 0) is 50.7 Å². The van der Waals surface area contributed by atoms with E-state index in [-0.39, 0.29) is 41.6 Å². The number of aromatic nitrogens is 4. The van der Waals surface area contributed by atoms with Crippen molar-refractivity contribution in [3.63, 3.8) is 0 Å². The van der Waals surface area contributed by atoms with Crippen molar-refractivity contribution < 1.29 is 80.5 Å². The number of ether oxygens (including phenoxy) is 1. The second-order valence-corrected chi connectivity index (χ2v) is 22.6. The Labute approximate surface area is 395 Å². The molecule has 2 aromatic heterocycles. The molecule has 8 unspecified atom stereocenters. The lowest BCUT2D eigenvalue weighted by atomic mass is 9.87. The van der Waals surface area contributed by atoms with Crippen molar-refractivity contribution in [2.45, 2.75) is 155 Å². The average molecular weight is 1030 g/mol. The number of hydrogen-bond donors (Lipinski definition) is 9. The van der Waals surface area contributed by atoms with E-state index in [1.54, 1.807) is 0 Å². The van der Waals surface area contributed by atoms with Crippen molar-refractivity contribution in [3.8, 4) is 0 Å². The summed E-state index contributed by atoms with van der Waals surface area (Å²) >= 11 is 1.16. The highest BCUT2D eigenvalue weighted by molar-refractivity contribution is 8.13. The van der Waals surface area contributed by atoms with Gasteiger partial charge in [-0.15, -0.1) is 0 Å². The van der Waals surface area contributed by atoms with Gasteiger partial charge in [-0.05, 0) is 12.3 Å². The minimum Gasteiger partial charge on any atom is -0.386 e. The topological polar surface area (TPSA) is 364 Å². The summed E-state index contributed by atoms with van der Waals surface area (Å²) in [6.45, 7) is 5.16. The van der Waals surface area contributed by atoms with Crippen molar-refractivity contribution in [3.05, 3.63) is 12.7 Å². The predicted molar refractivity (Wildman–Crippen MR) is 247 cm³/mol. The summed E-state index contributed by atoms with van der Waals surface area (Å²) in [7, 11) is -16.4. The third-order valence-corrected chi connectivity index (χ3v) is 14.9. The summed E-state index contributed by atoms with van der Waals surface area (Å²) in [5.41, 5.74) is 4.29. The SMILES string of the molecule is CCCCCCCCC(C)CCCCCCCC(=O)SCCNC(=O)CCNC(=O)C(O)C(C)(C)COP(=O)(O)OP(=O)(O)OCC1OC(n2cnc3c(N)ncnc32)C(O)C1OP(=O)(O)O. The molecule has 10 N–H and O–H groups in total. The molecule has 2 aromatic rings. The maximum Gasteiger partial charge on any atom is 0.481 e. The van der Waals surface area contributed by atoms with Crippen LogP contribution in [0, 0.1) is 11.3 Å². The zero-order chi connectivity index (χ0) is 49.8. The first kappa shape index (κ1) is 58.9. The lowest BCUT2D eigenvalue weighted by Crippen LogP contribution is -2.46. The number of nitrogens with two attached hydrogens (primary N) is 1. The number of unbranched alkanes of at least 4 members (excludes halogenated alkanes) is 9. The van der Waals surface area contributed by atoms with Crippen LogP contribution in [0.2, 0.25) is 0 Å². The zero-order valence-electron chi connectivity index (χ0n) is 38.6. The first-order valence-electron chi connectivity index (χ1n) is 22.5. The van der Waals surface area contributed by atoms with Crippen LogP contribution in [0.15, 0.2) is 12.7 Å². The van der Waals surface area contributed by atoms with Gasteiger partial charge in [0.1, 0.15) is 36.3 Å². The Morgan fingerprint density at radius 2 is 1.52 bits per heavy atom. The summed E-state index contributed by atoms with van der Waals surface area (Å²) < 4.78 is 62.4. The van der Waals surface area contributed by atoms with Crippen LogP contribution in [-0.4, -0.2) is 123 Å². The molecule has 2 amide bonds. The largest absolute Gasteiger partial charge is 0.481 e. The van der Waals surface area contributed by atoms with E-state index in [1.165, 1.54) is 78.1 Å². The number of nitrogens with one attached hydrogen (secondary N) is 2. The number of fused-ring (bicyclic) bond motifs is 1.